The molecule has 44 heavy (non-hydrogen) atoms. The largest absolute Gasteiger partial charge is 0.382 e. The zero-order chi connectivity index (χ0) is 30.2. The predicted molar refractivity (Wildman–Crippen MR) is 167 cm³/mol. The minimum absolute atomic E-state index is 0.0227. The van der Waals surface area contributed by atoms with Crippen molar-refractivity contribution in [1.82, 2.24) is 29.5 Å². The molecule has 1 saturated heterocycles. The summed E-state index contributed by atoms with van der Waals surface area (Å²) < 4.78 is 20.8. The highest BCUT2D eigenvalue weighted by Crippen LogP contribution is 2.36. The van der Waals surface area contributed by atoms with Gasteiger partial charge in [-0.1, -0.05) is 30.3 Å². The molecule has 0 bridgehead atoms. The van der Waals surface area contributed by atoms with Gasteiger partial charge in [0.05, 0.1) is 49.4 Å². The van der Waals surface area contributed by atoms with Crippen LogP contribution in [0.15, 0.2) is 67.1 Å². The third-order valence-electron chi connectivity index (χ3n) is 8.85. The molecule has 2 aliphatic rings. The maximum absolute atomic E-state index is 13.6. The van der Waals surface area contributed by atoms with E-state index in [0.29, 0.717) is 31.0 Å². The Morgan fingerprint density at radius 2 is 2.00 bits per heavy atom. The van der Waals surface area contributed by atoms with Crippen LogP contribution in [0.5, 0.6) is 0 Å². The Balaban J connectivity index is 1.33. The molecule has 5 aromatic rings. The number of carbonyl (C=O) groups excluding carboxylic acids is 1. The Morgan fingerprint density at radius 1 is 1.14 bits per heavy atom. The summed E-state index contributed by atoms with van der Waals surface area (Å²) in [5.74, 6) is 0.616. The van der Waals surface area contributed by atoms with Crippen LogP contribution >= 0.6 is 0 Å². The normalized spacial score (nSPS) is 21.5. The number of pyridine rings is 1. The summed E-state index contributed by atoms with van der Waals surface area (Å²) in [6.07, 6.45) is 8.27. The number of amides is 1. The fourth-order valence-electron chi connectivity index (χ4n) is 6.37. The van der Waals surface area contributed by atoms with E-state index in [1.54, 1.807) is 24.9 Å². The second-order valence-electron chi connectivity index (χ2n) is 11.7. The van der Waals surface area contributed by atoms with Crippen molar-refractivity contribution in [2.45, 2.75) is 50.1 Å². The van der Waals surface area contributed by atoms with Gasteiger partial charge in [0.1, 0.15) is 17.0 Å². The van der Waals surface area contributed by atoms with Crippen LogP contribution in [0.4, 0.5) is 5.82 Å². The number of hydrogen-bond acceptors (Lipinski definition) is 8. The first kappa shape index (κ1) is 28.5. The lowest BCUT2D eigenvalue weighted by atomic mass is 9.89. The quantitative estimate of drug-likeness (QED) is 0.255. The van der Waals surface area contributed by atoms with Crippen molar-refractivity contribution < 1.29 is 19.0 Å². The monoisotopic (exact) mass is 595 g/mol. The van der Waals surface area contributed by atoms with Crippen LogP contribution in [0.1, 0.15) is 41.2 Å². The molecule has 2 fully saturated rings. The third kappa shape index (κ3) is 5.21. The zero-order valence-corrected chi connectivity index (χ0v) is 25.2. The number of benzene rings is 1. The number of rotatable bonds is 10. The molecule has 1 aliphatic heterocycles. The number of methoxy groups -OCH3 is 2. The summed E-state index contributed by atoms with van der Waals surface area (Å²) in [4.78, 5) is 25.6. The highest BCUT2D eigenvalue weighted by atomic mass is 16.5. The summed E-state index contributed by atoms with van der Waals surface area (Å²) in [5.41, 5.74) is 4.64. The number of nitrogens with zero attached hydrogens (tertiary/aromatic N) is 6. The molecule has 1 aliphatic carbocycles. The molecule has 1 N–H and O–H groups in total. The lowest BCUT2D eigenvalue weighted by Gasteiger charge is -2.35. The van der Waals surface area contributed by atoms with Gasteiger partial charge in [-0.2, -0.15) is 9.61 Å². The maximum Gasteiger partial charge on any atom is 0.257 e. The van der Waals surface area contributed by atoms with Crippen LogP contribution < -0.4 is 10.2 Å². The van der Waals surface area contributed by atoms with Gasteiger partial charge in [0.25, 0.3) is 5.91 Å². The van der Waals surface area contributed by atoms with E-state index in [-0.39, 0.29) is 30.2 Å². The fraction of sp³-hybridized carbons (Fsp3) is 0.394. The molecule has 4 aromatic heterocycles. The highest BCUT2D eigenvalue weighted by molar-refractivity contribution is 6.01. The van der Waals surface area contributed by atoms with Crippen molar-refractivity contribution >= 4 is 28.4 Å². The Bertz CT molecular complexity index is 1780. The van der Waals surface area contributed by atoms with Crippen molar-refractivity contribution in [2.75, 3.05) is 39.4 Å². The van der Waals surface area contributed by atoms with E-state index < -0.39 is 0 Å². The van der Waals surface area contributed by atoms with Gasteiger partial charge in [0.2, 0.25) is 0 Å². The Labute approximate surface area is 255 Å². The Kier molecular flexibility index (Phi) is 7.75. The summed E-state index contributed by atoms with van der Waals surface area (Å²) in [7, 11) is 5.41. The summed E-state index contributed by atoms with van der Waals surface area (Å²) in [5, 5.41) is 8.78. The number of hydrogen-bond donors (Lipinski definition) is 1. The molecule has 4 atom stereocenters. The van der Waals surface area contributed by atoms with Gasteiger partial charge in [-0.25, -0.2) is 9.97 Å². The number of nitrogens with one attached hydrogen (secondary N) is 1. The van der Waals surface area contributed by atoms with Gasteiger partial charge < -0.3 is 29.0 Å². The van der Waals surface area contributed by atoms with E-state index in [4.69, 9.17) is 24.2 Å². The van der Waals surface area contributed by atoms with Gasteiger partial charge in [-0.15, -0.1) is 0 Å². The molecule has 0 radical (unpaired) electrons. The van der Waals surface area contributed by atoms with Crippen molar-refractivity contribution in [3.8, 4) is 11.3 Å². The molecular weight excluding hydrogens is 558 g/mol. The molecule has 1 amide bonds. The standard InChI is InChI=1S/C33H37N7O4/c1-38(17-21-8-5-4-6-9-21)30-15-28(36-32-25(16-35-40(30)32)33(41)37-27-11-12-29(27)43-3)26-18-39(31-24(26)10-7-13-34-31)22-14-23(20-42-2)44-19-22/h4-10,13,15-16,18,22-23,27,29H,11-12,14,17,19-20H2,1-3H3,(H,37,41)/t22-,23-,27?,29-/m1/s1. The molecule has 7 rings (SSSR count). The number of aromatic nitrogens is 5. The SMILES string of the molecule is COC[C@H]1C[C@@H](n2cc(-c3cc(N(C)Cc4ccccc4)n4ncc(C(=O)NC5CC[C@H]5OC)c4n3)c3cccnc32)CO1. The second-order valence-corrected chi connectivity index (χ2v) is 11.7. The molecular formula is C33H37N7O4. The molecule has 1 saturated carbocycles. The van der Waals surface area contributed by atoms with Crippen molar-refractivity contribution in [3.05, 3.63) is 78.2 Å². The van der Waals surface area contributed by atoms with E-state index in [1.165, 1.54) is 0 Å². The maximum atomic E-state index is 13.6. The summed E-state index contributed by atoms with van der Waals surface area (Å²) in [6.45, 7) is 1.80. The smallest absolute Gasteiger partial charge is 0.257 e. The second kappa shape index (κ2) is 12.0. The van der Waals surface area contributed by atoms with Gasteiger partial charge in [0.15, 0.2) is 5.65 Å². The first-order valence-electron chi connectivity index (χ1n) is 15.1. The first-order chi connectivity index (χ1) is 21.5. The predicted octanol–water partition coefficient (Wildman–Crippen LogP) is 4.27. The van der Waals surface area contributed by atoms with Crippen LogP contribution in [0, 0.1) is 0 Å². The van der Waals surface area contributed by atoms with Gasteiger partial charge >= 0.3 is 0 Å². The molecule has 5 heterocycles. The number of fused-ring (bicyclic) bond motifs is 2. The summed E-state index contributed by atoms with van der Waals surface area (Å²) in [6, 6.07) is 16.4. The van der Waals surface area contributed by atoms with E-state index >= 15 is 0 Å². The molecule has 1 unspecified atom stereocenters. The van der Waals surface area contributed by atoms with Crippen LogP contribution in [0.2, 0.25) is 0 Å². The van der Waals surface area contributed by atoms with E-state index in [0.717, 1.165) is 52.9 Å². The average molecular weight is 596 g/mol. The summed E-state index contributed by atoms with van der Waals surface area (Å²) >= 11 is 0. The molecule has 11 nitrogen and oxygen atoms in total. The van der Waals surface area contributed by atoms with Gasteiger partial charge in [-0.05, 0) is 37.0 Å². The minimum atomic E-state index is -0.204. The third-order valence-corrected chi connectivity index (χ3v) is 8.85. The molecule has 1 aromatic carbocycles. The van der Waals surface area contributed by atoms with Crippen LogP contribution in [0.3, 0.4) is 0 Å². The van der Waals surface area contributed by atoms with Crippen LogP contribution in [0.25, 0.3) is 27.9 Å². The Morgan fingerprint density at radius 3 is 2.77 bits per heavy atom. The van der Waals surface area contributed by atoms with Crippen LogP contribution in [-0.2, 0) is 20.8 Å². The van der Waals surface area contributed by atoms with Gasteiger partial charge in [0, 0.05) is 57.2 Å². The minimum Gasteiger partial charge on any atom is -0.382 e. The topological polar surface area (TPSA) is 108 Å². The fourth-order valence-corrected chi connectivity index (χ4v) is 6.37. The molecule has 0 spiro atoms. The number of carbonyl (C=O) groups is 1. The molecule has 11 heteroatoms. The zero-order valence-electron chi connectivity index (χ0n) is 25.2. The van der Waals surface area contributed by atoms with E-state index in [1.807, 2.05) is 43.6 Å². The van der Waals surface area contributed by atoms with Crippen molar-refractivity contribution in [2.24, 2.45) is 0 Å². The van der Waals surface area contributed by atoms with Crippen molar-refractivity contribution in [1.29, 1.82) is 0 Å². The van der Waals surface area contributed by atoms with E-state index in [2.05, 4.69) is 44.3 Å². The van der Waals surface area contributed by atoms with E-state index in [9.17, 15) is 4.79 Å². The highest BCUT2D eigenvalue weighted by Gasteiger charge is 2.33. The van der Waals surface area contributed by atoms with Gasteiger partial charge in [-0.3, -0.25) is 4.79 Å². The lowest BCUT2D eigenvalue weighted by molar-refractivity contribution is 0.00732. The lowest BCUT2D eigenvalue weighted by Crippen LogP contribution is -2.51. The average Bonchev–Trinajstić information content (AvgIpc) is 3.77. The number of ether oxygens (including phenoxy) is 3. The first-order valence-corrected chi connectivity index (χ1v) is 15.1. The number of anilines is 1. The molecule has 228 valence electrons. The van der Waals surface area contributed by atoms with Crippen LogP contribution in [-0.4, -0.2) is 82.8 Å². The Hall–Kier alpha value is -4.32. The van der Waals surface area contributed by atoms with Crippen molar-refractivity contribution in [3.63, 3.8) is 0 Å².